The lowest BCUT2D eigenvalue weighted by Gasteiger charge is -2.16. The third kappa shape index (κ3) is 4.02. The van der Waals surface area contributed by atoms with E-state index in [1.165, 1.54) is 12.1 Å². The molecule has 31 heavy (non-hydrogen) atoms. The quantitative estimate of drug-likeness (QED) is 0.366. The van der Waals surface area contributed by atoms with E-state index < -0.39 is 5.97 Å². The van der Waals surface area contributed by atoms with Crippen molar-refractivity contribution >= 4 is 34.4 Å². The van der Waals surface area contributed by atoms with E-state index in [9.17, 15) is 15.0 Å². The molecule has 0 amide bonds. The molecule has 0 aliphatic rings. The number of hydrogen-bond donors (Lipinski definition) is 3. The smallest absolute Gasteiger partial charge is 0.335 e. The summed E-state index contributed by atoms with van der Waals surface area (Å²) in [6, 6.07) is 15.5. The predicted octanol–water partition coefficient (Wildman–Crippen LogP) is 5.84. The SMILES string of the molecule is CC(C)Nc1ncc2cc(-c3ccccc3Cl)c(O)c(-c3ccc(C(=O)O)cc3)c2n1. The van der Waals surface area contributed by atoms with E-state index in [1.807, 2.05) is 32.0 Å². The molecule has 4 aromatic rings. The number of aromatic hydroxyl groups is 1. The molecule has 0 saturated carbocycles. The van der Waals surface area contributed by atoms with Crippen LogP contribution in [0.5, 0.6) is 5.75 Å². The number of halogens is 1. The summed E-state index contributed by atoms with van der Waals surface area (Å²) in [7, 11) is 0. The minimum absolute atomic E-state index is 0.0119. The molecule has 4 rings (SSSR count). The number of carboxylic acids is 1. The number of fused-ring (bicyclic) bond motifs is 1. The fraction of sp³-hybridized carbons (Fsp3) is 0.125. The summed E-state index contributed by atoms with van der Waals surface area (Å²) in [5, 5.41) is 24.9. The van der Waals surface area contributed by atoms with Crippen molar-refractivity contribution in [1.29, 1.82) is 0 Å². The third-order valence-electron chi connectivity index (χ3n) is 4.85. The molecule has 156 valence electrons. The van der Waals surface area contributed by atoms with Crippen molar-refractivity contribution in [3.63, 3.8) is 0 Å². The van der Waals surface area contributed by atoms with E-state index in [-0.39, 0.29) is 17.4 Å². The third-order valence-corrected chi connectivity index (χ3v) is 5.18. The van der Waals surface area contributed by atoms with E-state index in [2.05, 4.69) is 15.3 Å². The highest BCUT2D eigenvalue weighted by Crippen LogP contribution is 2.44. The second-order valence-electron chi connectivity index (χ2n) is 7.44. The Labute approximate surface area is 184 Å². The number of nitrogens with zero attached hydrogens (tertiary/aromatic N) is 2. The number of rotatable bonds is 5. The molecule has 0 unspecified atom stereocenters. The minimum atomic E-state index is -1.02. The summed E-state index contributed by atoms with van der Waals surface area (Å²) in [6.07, 6.45) is 1.70. The van der Waals surface area contributed by atoms with Gasteiger partial charge in [-0.3, -0.25) is 0 Å². The van der Waals surface area contributed by atoms with E-state index in [4.69, 9.17) is 11.6 Å². The van der Waals surface area contributed by atoms with Crippen molar-refractivity contribution in [2.24, 2.45) is 0 Å². The Morgan fingerprint density at radius 3 is 2.42 bits per heavy atom. The normalized spacial score (nSPS) is 11.1. The Kier molecular flexibility index (Phi) is 5.48. The zero-order valence-electron chi connectivity index (χ0n) is 16.9. The van der Waals surface area contributed by atoms with E-state index >= 15 is 0 Å². The van der Waals surface area contributed by atoms with Crippen molar-refractivity contribution in [2.45, 2.75) is 19.9 Å². The van der Waals surface area contributed by atoms with Crippen LogP contribution in [0.3, 0.4) is 0 Å². The molecule has 7 heteroatoms. The number of carbonyl (C=O) groups is 1. The summed E-state index contributed by atoms with van der Waals surface area (Å²) in [6.45, 7) is 3.97. The number of phenols is 1. The Morgan fingerprint density at radius 2 is 1.77 bits per heavy atom. The molecule has 0 spiro atoms. The van der Waals surface area contributed by atoms with E-state index in [0.29, 0.717) is 38.7 Å². The van der Waals surface area contributed by atoms with Crippen molar-refractivity contribution in [1.82, 2.24) is 9.97 Å². The minimum Gasteiger partial charge on any atom is -0.507 e. The maximum absolute atomic E-state index is 11.3. The van der Waals surface area contributed by atoms with Crippen LogP contribution in [0.1, 0.15) is 24.2 Å². The molecule has 0 aliphatic carbocycles. The Morgan fingerprint density at radius 1 is 1.06 bits per heavy atom. The molecule has 0 saturated heterocycles. The zero-order valence-corrected chi connectivity index (χ0v) is 17.7. The molecule has 0 fully saturated rings. The maximum Gasteiger partial charge on any atom is 0.335 e. The molecule has 0 radical (unpaired) electrons. The van der Waals surface area contributed by atoms with Crippen LogP contribution in [0.4, 0.5) is 5.95 Å². The second-order valence-corrected chi connectivity index (χ2v) is 7.85. The van der Waals surface area contributed by atoms with Crippen LogP contribution >= 0.6 is 11.6 Å². The number of carboxylic acid groups (broad SMARTS) is 1. The Balaban J connectivity index is 2.02. The molecule has 3 aromatic carbocycles. The molecular formula is C24H20ClN3O3. The molecule has 0 atom stereocenters. The number of aromatic carboxylic acids is 1. The number of aromatic nitrogens is 2. The summed E-state index contributed by atoms with van der Waals surface area (Å²) in [5.74, 6) is -0.565. The summed E-state index contributed by atoms with van der Waals surface area (Å²) >= 11 is 6.40. The van der Waals surface area contributed by atoms with Gasteiger partial charge < -0.3 is 15.5 Å². The molecule has 6 nitrogen and oxygen atoms in total. The molecule has 0 aliphatic heterocycles. The van der Waals surface area contributed by atoms with Crippen LogP contribution in [-0.2, 0) is 0 Å². The number of phenolic OH excluding ortho intramolecular Hbond substituents is 1. The van der Waals surface area contributed by atoms with Gasteiger partial charge in [-0.05, 0) is 43.7 Å². The van der Waals surface area contributed by atoms with Gasteiger partial charge >= 0.3 is 5.97 Å². The lowest BCUT2D eigenvalue weighted by Crippen LogP contribution is -2.12. The highest BCUT2D eigenvalue weighted by Gasteiger charge is 2.19. The van der Waals surface area contributed by atoms with Gasteiger partial charge in [0.2, 0.25) is 5.95 Å². The first kappa shape index (κ1) is 20.6. The van der Waals surface area contributed by atoms with Crippen LogP contribution in [-0.4, -0.2) is 32.2 Å². The van der Waals surface area contributed by atoms with Gasteiger partial charge in [0.1, 0.15) is 5.75 Å². The zero-order chi connectivity index (χ0) is 22.1. The fourth-order valence-corrected chi connectivity index (χ4v) is 3.67. The lowest BCUT2D eigenvalue weighted by atomic mass is 9.94. The molecular weight excluding hydrogens is 414 g/mol. The first-order valence-electron chi connectivity index (χ1n) is 9.73. The number of hydrogen-bond acceptors (Lipinski definition) is 5. The van der Waals surface area contributed by atoms with E-state index in [1.54, 1.807) is 30.5 Å². The molecule has 1 aromatic heterocycles. The van der Waals surface area contributed by atoms with Crippen LogP contribution in [0.15, 0.2) is 60.8 Å². The van der Waals surface area contributed by atoms with Crippen LogP contribution in [0.2, 0.25) is 5.02 Å². The van der Waals surface area contributed by atoms with Crippen LogP contribution < -0.4 is 5.32 Å². The van der Waals surface area contributed by atoms with Crippen LogP contribution in [0.25, 0.3) is 33.2 Å². The van der Waals surface area contributed by atoms with Crippen molar-refractivity contribution < 1.29 is 15.0 Å². The average Bonchev–Trinajstić information content (AvgIpc) is 2.74. The van der Waals surface area contributed by atoms with Gasteiger partial charge in [-0.15, -0.1) is 0 Å². The van der Waals surface area contributed by atoms with Crippen molar-refractivity contribution in [3.05, 3.63) is 71.4 Å². The Hall–Kier alpha value is -3.64. The first-order valence-corrected chi connectivity index (χ1v) is 10.1. The largest absolute Gasteiger partial charge is 0.507 e. The van der Waals surface area contributed by atoms with Gasteiger partial charge in [0, 0.05) is 33.8 Å². The highest BCUT2D eigenvalue weighted by molar-refractivity contribution is 6.33. The topological polar surface area (TPSA) is 95.3 Å². The standard InChI is InChI=1S/C24H20ClN3O3/c1-13(2)27-24-26-12-16-11-18(17-5-3-4-6-19(17)25)22(29)20(21(16)28-24)14-7-9-15(10-8-14)23(30)31/h3-13,29H,1-2H3,(H,30,31)(H,26,27,28). The second kappa shape index (κ2) is 8.24. The highest BCUT2D eigenvalue weighted by atomic mass is 35.5. The average molecular weight is 434 g/mol. The van der Waals surface area contributed by atoms with Gasteiger partial charge in [0.25, 0.3) is 0 Å². The van der Waals surface area contributed by atoms with Gasteiger partial charge in [-0.2, -0.15) is 0 Å². The predicted molar refractivity (Wildman–Crippen MR) is 123 cm³/mol. The summed E-state index contributed by atoms with van der Waals surface area (Å²) < 4.78 is 0. The van der Waals surface area contributed by atoms with Crippen molar-refractivity contribution in [3.8, 4) is 28.0 Å². The number of nitrogens with one attached hydrogen (secondary N) is 1. The summed E-state index contributed by atoms with van der Waals surface area (Å²) in [4.78, 5) is 20.3. The first-order chi connectivity index (χ1) is 14.8. The van der Waals surface area contributed by atoms with Gasteiger partial charge in [0.05, 0.1) is 16.6 Å². The summed E-state index contributed by atoms with van der Waals surface area (Å²) in [5.41, 5.74) is 3.05. The van der Waals surface area contributed by atoms with Crippen molar-refractivity contribution in [2.75, 3.05) is 5.32 Å². The number of benzene rings is 3. The van der Waals surface area contributed by atoms with E-state index in [0.717, 1.165) is 5.39 Å². The Bertz CT molecular complexity index is 1290. The lowest BCUT2D eigenvalue weighted by molar-refractivity contribution is 0.0697. The fourth-order valence-electron chi connectivity index (χ4n) is 3.43. The molecule has 1 heterocycles. The van der Waals surface area contributed by atoms with Crippen LogP contribution in [0, 0.1) is 0 Å². The maximum atomic E-state index is 11.3. The van der Waals surface area contributed by atoms with Gasteiger partial charge in [-0.1, -0.05) is 41.9 Å². The monoisotopic (exact) mass is 433 g/mol. The molecule has 0 bridgehead atoms. The van der Waals surface area contributed by atoms with Gasteiger partial charge in [0.15, 0.2) is 0 Å². The number of anilines is 1. The molecule has 3 N–H and O–H groups in total. The van der Waals surface area contributed by atoms with Gasteiger partial charge in [-0.25, -0.2) is 14.8 Å².